The first-order valence-corrected chi connectivity index (χ1v) is 9.21. The molecule has 0 N–H and O–H groups in total. The highest BCUT2D eigenvalue weighted by atomic mass is 14.8. The van der Waals surface area contributed by atoms with E-state index < -0.39 is 0 Å². The average molecular weight is 307 g/mol. The largest absolute Gasteiger partial charge is 0.257 e. The summed E-state index contributed by atoms with van der Waals surface area (Å²) in [5.41, 5.74) is 5.08. The Kier molecular flexibility index (Phi) is 5.15. The van der Waals surface area contributed by atoms with Crippen molar-refractivity contribution in [1.82, 2.24) is 0 Å². The molecule has 2 aliphatic rings. The van der Waals surface area contributed by atoms with Crippen molar-refractivity contribution in [2.24, 2.45) is 16.8 Å². The number of nitrogens with zero attached hydrogens (tertiary/aromatic N) is 1. The summed E-state index contributed by atoms with van der Waals surface area (Å²) in [6.07, 6.45) is 13.4. The molecule has 1 nitrogen and oxygen atoms in total. The lowest BCUT2D eigenvalue weighted by Crippen LogP contribution is -2.13. The molecule has 0 spiro atoms. The minimum Gasteiger partial charge on any atom is -0.257 e. The van der Waals surface area contributed by atoms with Gasteiger partial charge < -0.3 is 0 Å². The van der Waals surface area contributed by atoms with Gasteiger partial charge in [-0.3, -0.25) is 4.99 Å². The Morgan fingerprint density at radius 1 is 1.09 bits per heavy atom. The molecule has 1 saturated carbocycles. The summed E-state index contributed by atoms with van der Waals surface area (Å²) >= 11 is 0. The van der Waals surface area contributed by atoms with Crippen molar-refractivity contribution in [3.8, 4) is 0 Å². The van der Waals surface area contributed by atoms with Gasteiger partial charge in [0.1, 0.15) is 0 Å². The minimum absolute atomic E-state index is 0.441. The van der Waals surface area contributed by atoms with E-state index >= 15 is 0 Å². The summed E-state index contributed by atoms with van der Waals surface area (Å²) < 4.78 is 0. The summed E-state index contributed by atoms with van der Waals surface area (Å²) in [4.78, 5) is 4.81. The molecule has 1 aromatic carbocycles. The van der Waals surface area contributed by atoms with Crippen LogP contribution in [0.25, 0.3) is 0 Å². The molecule has 0 atom stereocenters. The van der Waals surface area contributed by atoms with Gasteiger partial charge in [0.15, 0.2) is 0 Å². The fourth-order valence-electron chi connectivity index (χ4n) is 3.65. The molecule has 1 fully saturated rings. The van der Waals surface area contributed by atoms with E-state index in [9.17, 15) is 0 Å². The first-order valence-electron chi connectivity index (χ1n) is 9.21. The molecule has 1 aromatic rings. The zero-order valence-electron chi connectivity index (χ0n) is 14.8. The van der Waals surface area contributed by atoms with E-state index in [1.807, 2.05) is 6.92 Å². The third kappa shape index (κ3) is 4.02. The number of rotatable bonds is 5. The van der Waals surface area contributed by atoms with Crippen LogP contribution in [-0.4, -0.2) is 5.71 Å². The van der Waals surface area contributed by atoms with Gasteiger partial charge in [0.25, 0.3) is 0 Å². The topological polar surface area (TPSA) is 12.4 Å². The van der Waals surface area contributed by atoms with Crippen LogP contribution in [0, 0.1) is 11.8 Å². The van der Waals surface area contributed by atoms with Gasteiger partial charge in [-0.2, -0.15) is 0 Å². The molecule has 0 saturated heterocycles. The summed E-state index contributed by atoms with van der Waals surface area (Å²) in [6.45, 7) is 6.45. The Balaban J connectivity index is 1.72. The van der Waals surface area contributed by atoms with E-state index in [4.69, 9.17) is 4.99 Å². The minimum atomic E-state index is 0.441. The number of benzene rings is 1. The van der Waals surface area contributed by atoms with E-state index in [-0.39, 0.29) is 0 Å². The highest BCUT2D eigenvalue weighted by Gasteiger charge is 2.23. The molecule has 0 bridgehead atoms. The Hall–Kier alpha value is -1.63. The second kappa shape index (κ2) is 7.29. The van der Waals surface area contributed by atoms with Crippen LogP contribution in [0.1, 0.15) is 69.9 Å². The SMILES string of the molecule is C/C=C(/C)N=C(c1ccc(C2CCC(CC)CC2)cc1)C1C=C1. The van der Waals surface area contributed by atoms with E-state index in [2.05, 4.69) is 56.3 Å². The summed E-state index contributed by atoms with van der Waals surface area (Å²) in [5.74, 6) is 2.17. The van der Waals surface area contributed by atoms with Gasteiger partial charge in [0.2, 0.25) is 0 Å². The highest BCUT2D eigenvalue weighted by Crippen LogP contribution is 2.37. The zero-order valence-corrected chi connectivity index (χ0v) is 14.8. The van der Waals surface area contributed by atoms with Crippen LogP contribution >= 0.6 is 0 Å². The number of allylic oxidation sites excluding steroid dienone is 4. The molecular formula is C22H29N. The van der Waals surface area contributed by atoms with Crippen molar-refractivity contribution in [3.63, 3.8) is 0 Å². The van der Waals surface area contributed by atoms with Crippen LogP contribution < -0.4 is 0 Å². The van der Waals surface area contributed by atoms with Gasteiger partial charge in [0, 0.05) is 11.6 Å². The van der Waals surface area contributed by atoms with Crippen LogP contribution in [0.15, 0.2) is 53.2 Å². The maximum Gasteiger partial charge on any atom is 0.0585 e. The first-order chi connectivity index (χ1) is 11.2. The number of hydrogen-bond acceptors (Lipinski definition) is 1. The molecule has 0 aromatic heterocycles. The van der Waals surface area contributed by atoms with Crippen LogP contribution in [0.3, 0.4) is 0 Å². The van der Waals surface area contributed by atoms with Gasteiger partial charge in [-0.25, -0.2) is 0 Å². The molecular weight excluding hydrogens is 278 g/mol. The normalized spacial score (nSPS) is 25.7. The predicted octanol–water partition coefficient (Wildman–Crippen LogP) is 6.27. The van der Waals surface area contributed by atoms with Crippen LogP contribution in [0.5, 0.6) is 0 Å². The van der Waals surface area contributed by atoms with Gasteiger partial charge in [0.05, 0.1) is 5.71 Å². The number of aliphatic imine (C=N–C) groups is 1. The molecule has 3 rings (SSSR count). The van der Waals surface area contributed by atoms with Crippen LogP contribution in [-0.2, 0) is 0 Å². The van der Waals surface area contributed by atoms with Gasteiger partial charge in [-0.1, -0.05) is 55.8 Å². The molecule has 0 aliphatic heterocycles. The molecule has 0 heterocycles. The Morgan fingerprint density at radius 3 is 2.26 bits per heavy atom. The molecule has 1 heteroatoms. The van der Waals surface area contributed by atoms with Crippen LogP contribution in [0.4, 0.5) is 0 Å². The molecule has 0 radical (unpaired) electrons. The molecule has 0 unspecified atom stereocenters. The third-order valence-corrected chi connectivity index (χ3v) is 5.52. The second-order valence-electron chi connectivity index (χ2n) is 7.09. The third-order valence-electron chi connectivity index (χ3n) is 5.52. The fraction of sp³-hybridized carbons (Fsp3) is 0.500. The standard InChI is InChI=1S/C22H29N/c1-4-16(3)23-22(21-14-15-21)20-12-10-19(11-13-20)18-8-6-17(5-2)7-9-18/h4,10-15,17-18,21H,5-9H2,1-3H3/b16-4-,23-22?. The van der Waals surface area contributed by atoms with E-state index in [0.29, 0.717) is 5.92 Å². The lowest BCUT2D eigenvalue weighted by atomic mass is 9.77. The van der Waals surface area contributed by atoms with Crippen LogP contribution in [0.2, 0.25) is 0 Å². The maximum absolute atomic E-state index is 4.81. The van der Waals surface area contributed by atoms with Gasteiger partial charge >= 0.3 is 0 Å². The smallest absolute Gasteiger partial charge is 0.0585 e. The lowest BCUT2D eigenvalue weighted by molar-refractivity contribution is 0.319. The molecule has 122 valence electrons. The van der Waals surface area contributed by atoms with Crippen molar-refractivity contribution < 1.29 is 0 Å². The lowest BCUT2D eigenvalue weighted by Gasteiger charge is -2.28. The number of hydrogen-bond donors (Lipinski definition) is 0. The second-order valence-corrected chi connectivity index (χ2v) is 7.09. The van der Waals surface area contributed by atoms with Crippen molar-refractivity contribution in [1.29, 1.82) is 0 Å². The summed E-state index contributed by atoms with van der Waals surface area (Å²) in [6, 6.07) is 9.25. The Labute approximate surface area is 141 Å². The summed E-state index contributed by atoms with van der Waals surface area (Å²) in [5, 5.41) is 0. The van der Waals surface area contributed by atoms with Gasteiger partial charge in [-0.05, 0) is 62.5 Å². The highest BCUT2D eigenvalue weighted by molar-refractivity contribution is 6.06. The van der Waals surface area contributed by atoms with Crippen molar-refractivity contribution in [3.05, 3.63) is 59.3 Å². The van der Waals surface area contributed by atoms with E-state index in [0.717, 1.165) is 17.5 Å². The first kappa shape index (κ1) is 16.2. The van der Waals surface area contributed by atoms with E-state index in [1.54, 1.807) is 0 Å². The van der Waals surface area contributed by atoms with Crippen molar-refractivity contribution >= 4 is 5.71 Å². The Bertz CT molecular complexity index is 604. The molecule has 0 amide bonds. The van der Waals surface area contributed by atoms with Gasteiger partial charge in [-0.15, -0.1) is 0 Å². The molecule has 23 heavy (non-hydrogen) atoms. The monoisotopic (exact) mass is 307 g/mol. The quantitative estimate of drug-likeness (QED) is 0.449. The predicted molar refractivity (Wildman–Crippen MR) is 100 cm³/mol. The summed E-state index contributed by atoms with van der Waals surface area (Å²) in [7, 11) is 0. The van der Waals surface area contributed by atoms with E-state index in [1.165, 1.54) is 48.9 Å². The van der Waals surface area contributed by atoms with Crippen molar-refractivity contribution in [2.75, 3.05) is 0 Å². The van der Waals surface area contributed by atoms with Crippen molar-refractivity contribution in [2.45, 2.75) is 58.8 Å². The zero-order chi connectivity index (χ0) is 16.2. The maximum atomic E-state index is 4.81. The molecule has 2 aliphatic carbocycles. The fourth-order valence-corrected chi connectivity index (χ4v) is 3.65. The average Bonchev–Trinajstić information content (AvgIpc) is 3.44. The Morgan fingerprint density at radius 2 is 1.74 bits per heavy atom.